The molecule has 0 saturated carbocycles. The minimum absolute atomic E-state index is 0.0209. The molecule has 0 aliphatic rings. The molecule has 0 bridgehead atoms. The first-order valence-electron chi connectivity index (χ1n) is 5.42. The summed E-state index contributed by atoms with van der Waals surface area (Å²) < 4.78 is 26.0. The molecular weight excluding hydrogens is 210 g/mol. The summed E-state index contributed by atoms with van der Waals surface area (Å²) in [5, 5.41) is 9.02. The first kappa shape index (κ1) is 13.1. The van der Waals surface area contributed by atoms with E-state index in [0.29, 0.717) is 6.42 Å². The minimum Gasteiger partial charge on any atom is -0.396 e. The molecule has 1 aromatic rings. The van der Waals surface area contributed by atoms with Crippen molar-refractivity contribution in [2.75, 3.05) is 6.61 Å². The predicted molar refractivity (Wildman–Crippen MR) is 60.3 cm³/mol. The smallest absolute Gasteiger partial charge is 0.159 e. The molecule has 1 unspecified atom stereocenters. The molecule has 90 valence electrons. The van der Waals surface area contributed by atoms with Gasteiger partial charge >= 0.3 is 0 Å². The number of hydrogen-bond donors (Lipinski definition) is 1. The van der Waals surface area contributed by atoms with Crippen molar-refractivity contribution in [1.82, 2.24) is 0 Å². The summed E-state index contributed by atoms with van der Waals surface area (Å²) in [4.78, 5) is 0. The molecule has 1 rings (SSSR count). The molecule has 0 aliphatic carbocycles. The van der Waals surface area contributed by atoms with Crippen molar-refractivity contribution in [3.8, 4) is 0 Å². The Morgan fingerprint density at radius 1 is 1.19 bits per heavy atom. The maximum Gasteiger partial charge on any atom is 0.159 e. The largest absolute Gasteiger partial charge is 0.396 e. The lowest BCUT2D eigenvalue weighted by atomic mass is 9.75. The van der Waals surface area contributed by atoms with Gasteiger partial charge in [-0.15, -0.1) is 0 Å². The van der Waals surface area contributed by atoms with Gasteiger partial charge in [0.1, 0.15) is 0 Å². The number of benzene rings is 1. The maximum atomic E-state index is 13.1. The van der Waals surface area contributed by atoms with E-state index in [2.05, 4.69) is 0 Å². The number of aliphatic hydroxyl groups excluding tert-OH is 1. The molecule has 0 spiro atoms. The Kier molecular flexibility index (Phi) is 4.03. The third-order valence-electron chi connectivity index (χ3n) is 2.81. The van der Waals surface area contributed by atoms with E-state index in [1.165, 1.54) is 6.07 Å². The van der Waals surface area contributed by atoms with Crippen molar-refractivity contribution in [1.29, 1.82) is 0 Å². The third-order valence-corrected chi connectivity index (χ3v) is 2.81. The Balaban J connectivity index is 3.06. The SMILES string of the molecule is CC(C)(C)C(CCO)c1ccc(F)c(F)c1. The first-order chi connectivity index (χ1) is 7.36. The van der Waals surface area contributed by atoms with E-state index < -0.39 is 11.6 Å². The van der Waals surface area contributed by atoms with Crippen LogP contribution in [-0.4, -0.2) is 11.7 Å². The zero-order chi connectivity index (χ0) is 12.3. The molecule has 0 radical (unpaired) electrons. The normalized spacial score (nSPS) is 13.9. The van der Waals surface area contributed by atoms with Crippen LogP contribution in [0.25, 0.3) is 0 Å². The van der Waals surface area contributed by atoms with Crippen LogP contribution in [0.1, 0.15) is 38.7 Å². The highest BCUT2D eigenvalue weighted by atomic mass is 19.2. The standard InChI is InChI=1S/C13H18F2O/c1-13(2,3)10(6-7-16)9-4-5-11(14)12(15)8-9/h4-5,8,10,16H,6-7H2,1-3H3. The third kappa shape index (κ3) is 3.01. The van der Waals surface area contributed by atoms with Crippen LogP contribution in [0.4, 0.5) is 8.78 Å². The van der Waals surface area contributed by atoms with Gasteiger partial charge < -0.3 is 5.11 Å². The summed E-state index contributed by atoms with van der Waals surface area (Å²) >= 11 is 0. The van der Waals surface area contributed by atoms with Crippen LogP contribution in [-0.2, 0) is 0 Å². The van der Waals surface area contributed by atoms with Crippen LogP contribution in [0.2, 0.25) is 0 Å². The fourth-order valence-corrected chi connectivity index (χ4v) is 1.96. The Hall–Kier alpha value is -0.960. The summed E-state index contributed by atoms with van der Waals surface area (Å²) in [7, 11) is 0. The first-order valence-corrected chi connectivity index (χ1v) is 5.42. The van der Waals surface area contributed by atoms with Crippen molar-refractivity contribution in [2.24, 2.45) is 5.41 Å². The van der Waals surface area contributed by atoms with Crippen molar-refractivity contribution in [3.05, 3.63) is 35.4 Å². The highest BCUT2D eigenvalue weighted by Gasteiger charge is 2.26. The monoisotopic (exact) mass is 228 g/mol. The number of rotatable bonds is 3. The van der Waals surface area contributed by atoms with Crippen LogP contribution in [0, 0.1) is 17.0 Å². The summed E-state index contributed by atoms with van der Waals surface area (Å²) in [5.41, 5.74) is 0.646. The molecule has 0 saturated heterocycles. The van der Waals surface area contributed by atoms with Crippen molar-refractivity contribution in [2.45, 2.75) is 33.1 Å². The average molecular weight is 228 g/mol. The minimum atomic E-state index is -0.833. The zero-order valence-corrected chi connectivity index (χ0v) is 9.93. The van der Waals surface area contributed by atoms with Gasteiger partial charge in [0.2, 0.25) is 0 Å². The molecule has 0 fully saturated rings. The number of halogens is 2. The number of hydrogen-bond acceptors (Lipinski definition) is 1. The van der Waals surface area contributed by atoms with Crippen LogP contribution in [0.5, 0.6) is 0 Å². The quantitative estimate of drug-likeness (QED) is 0.839. The summed E-state index contributed by atoms with van der Waals surface area (Å²) in [6, 6.07) is 3.95. The van der Waals surface area contributed by atoms with Gasteiger partial charge in [0, 0.05) is 6.61 Å². The molecule has 0 aromatic heterocycles. The lowest BCUT2D eigenvalue weighted by Gasteiger charge is -2.30. The van der Waals surface area contributed by atoms with Crippen molar-refractivity contribution in [3.63, 3.8) is 0 Å². The van der Waals surface area contributed by atoms with E-state index in [1.54, 1.807) is 6.07 Å². The number of aliphatic hydroxyl groups is 1. The van der Waals surface area contributed by atoms with Gasteiger partial charge in [0.05, 0.1) is 0 Å². The molecule has 1 N–H and O–H groups in total. The van der Waals surface area contributed by atoms with Crippen LogP contribution < -0.4 is 0 Å². The second-order valence-corrected chi connectivity index (χ2v) is 5.10. The van der Waals surface area contributed by atoms with Gasteiger partial charge in [-0.2, -0.15) is 0 Å². The van der Waals surface area contributed by atoms with Crippen molar-refractivity contribution >= 4 is 0 Å². The highest BCUT2D eigenvalue weighted by molar-refractivity contribution is 5.23. The topological polar surface area (TPSA) is 20.2 Å². The highest BCUT2D eigenvalue weighted by Crippen LogP contribution is 2.37. The maximum absolute atomic E-state index is 13.1. The van der Waals surface area contributed by atoms with Gasteiger partial charge in [0.15, 0.2) is 11.6 Å². The lowest BCUT2D eigenvalue weighted by molar-refractivity contribution is 0.223. The zero-order valence-electron chi connectivity index (χ0n) is 9.93. The van der Waals surface area contributed by atoms with E-state index in [4.69, 9.17) is 5.11 Å². The van der Waals surface area contributed by atoms with E-state index in [-0.39, 0.29) is 17.9 Å². The average Bonchev–Trinajstić information content (AvgIpc) is 2.17. The predicted octanol–water partition coefficient (Wildman–Crippen LogP) is 3.48. The summed E-state index contributed by atoms with van der Waals surface area (Å²) in [6.07, 6.45) is 0.550. The fourth-order valence-electron chi connectivity index (χ4n) is 1.96. The molecule has 0 heterocycles. The Morgan fingerprint density at radius 2 is 1.81 bits per heavy atom. The second-order valence-electron chi connectivity index (χ2n) is 5.10. The van der Waals surface area contributed by atoms with Gasteiger partial charge in [-0.25, -0.2) is 8.78 Å². The van der Waals surface area contributed by atoms with Crippen molar-refractivity contribution < 1.29 is 13.9 Å². The molecule has 16 heavy (non-hydrogen) atoms. The summed E-state index contributed by atoms with van der Waals surface area (Å²) in [6.45, 7) is 6.11. The van der Waals surface area contributed by atoms with Gasteiger partial charge in [-0.3, -0.25) is 0 Å². The van der Waals surface area contributed by atoms with Gasteiger partial charge in [-0.1, -0.05) is 26.8 Å². The van der Waals surface area contributed by atoms with E-state index in [1.807, 2.05) is 20.8 Å². The summed E-state index contributed by atoms with van der Waals surface area (Å²) in [5.74, 6) is -1.64. The molecule has 1 atom stereocenters. The molecule has 0 amide bonds. The van der Waals surface area contributed by atoms with Gasteiger partial charge in [-0.05, 0) is 35.4 Å². The Bertz CT molecular complexity index is 355. The van der Waals surface area contributed by atoms with Crippen LogP contribution >= 0.6 is 0 Å². The van der Waals surface area contributed by atoms with E-state index in [9.17, 15) is 8.78 Å². The second kappa shape index (κ2) is 4.91. The molecular formula is C13H18F2O. The van der Waals surface area contributed by atoms with E-state index >= 15 is 0 Å². The molecule has 1 aromatic carbocycles. The fraction of sp³-hybridized carbons (Fsp3) is 0.538. The van der Waals surface area contributed by atoms with Gasteiger partial charge in [0.25, 0.3) is 0 Å². The van der Waals surface area contributed by atoms with Crippen LogP contribution in [0.3, 0.4) is 0 Å². The molecule has 1 nitrogen and oxygen atoms in total. The van der Waals surface area contributed by atoms with Crippen LogP contribution in [0.15, 0.2) is 18.2 Å². The lowest BCUT2D eigenvalue weighted by Crippen LogP contribution is -2.20. The molecule has 0 aliphatic heterocycles. The van der Waals surface area contributed by atoms with E-state index in [0.717, 1.165) is 11.6 Å². The Labute approximate surface area is 95.1 Å². The molecule has 3 heteroatoms. The Morgan fingerprint density at radius 3 is 2.25 bits per heavy atom.